The second kappa shape index (κ2) is 6.11. The lowest BCUT2D eigenvalue weighted by Crippen LogP contribution is -2.17. The number of nitrogens with one attached hydrogen (secondary N) is 1. The molecule has 2 heterocycles. The lowest BCUT2D eigenvalue weighted by atomic mass is 10.1. The standard InChI is InChI=1S/C16H14ClN3OS2/c1-8-4-5-12(9(2)6-8)20-14(17)11(10(3)19-20)7-13-15(21)18-16(22)23-13/h4-7H,1-3H3,(H,18,21,22). The molecule has 4 nitrogen and oxygen atoms in total. The van der Waals surface area contributed by atoms with Gasteiger partial charge < -0.3 is 5.32 Å². The van der Waals surface area contributed by atoms with Crippen molar-refractivity contribution < 1.29 is 4.79 Å². The number of benzene rings is 1. The van der Waals surface area contributed by atoms with Gasteiger partial charge in [0.2, 0.25) is 0 Å². The minimum Gasteiger partial charge on any atom is -0.307 e. The number of aryl methyl sites for hydroxylation is 3. The molecule has 1 aliphatic heterocycles. The van der Waals surface area contributed by atoms with Gasteiger partial charge >= 0.3 is 0 Å². The maximum atomic E-state index is 11.8. The van der Waals surface area contributed by atoms with Crippen LogP contribution in [0.5, 0.6) is 0 Å². The quantitative estimate of drug-likeness (QED) is 0.648. The molecule has 23 heavy (non-hydrogen) atoms. The van der Waals surface area contributed by atoms with Gasteiger partial charge in [-0.25, -0.2) is 4.68 Å². The summed E-state index contributed by atoms with van der Waals surface area (Å²) >= 11 is 12.8. The van der Waals surface area contributed by atoms with Crippen molar-refractivity contribution in [3.8, 4) is 5.69 Å². The zero-order chi connectivity index (χ0) is 16.7. The summed E-state index contributed by atoms with van der Waals surface area (Å²) in [7, 11) is 0. The molecule has 0 saturated carbocycles. The molecule has 0 bridgehead atoms. The average molecular weight is 364 g/mol. The highest BCUT2D eigenvalue weighted by Crippen LogP contribution is 2.31. The summed E-state index contributed by atoms with van der Waals surface area (Å²) in [5.74, 6) is -0.199. The van der Waals surface area contributed by atoms with Gasteiger partial charge in [-0.15, -0.1) is 0 Å². The molecule has 118 valence electrons. The van der Waals surface area contributed by atoms with Crippen molar-refractivity contribution in [2.45, 2.75) is 20.8 Å². The van der Waals surface area contributed by atoms with Gasteiger partial charge in [-0.2, -0.15) is 5.10 Å². The highest BCUT2D eigenvalue weighted by atomic mass is 35.5. The van der Waals surface area contributed by atoms with E-state index in [4.69, 9.17) is 23.8 Å². The Morgan fingerprint density at radius 3 is 2.70 bits per heavy atom. The average Bonchev–Trinajstić information content (AvgIpc) is 2.92. The van der Waals surface area contributed by atoms with E-state index in [0.29, 0.717) is 14.4 Å². The largest absolute Gasteiger partial charge is 0.307 e. The van der Waals surface area contributed by atoms with E-state index in [9.17, 15) is 4.79 Å². The van der Waals surface area contributed by atoms with Gasteiger partial charge in [0.05, 0.1) is 16.3 Å². The number of halogens is 1. The molecule has 1 aliphatic rings. The maximum Gasteiger partial charge on any atom is 0.263 e. The molecule has 7 heteroatoms. The van der Waals surface area contributed by atoms with Gasteiger partial charge in [-0.3, -0.25) is 4.79 Å². The number of rotatable bonds is 2. The van der Waals surface area contributed by atoms with Gasteiger partial charge in [0, 0.05) is 5.56 Å². The van der Waals surface area contributed by atoms with Gasteiger partial charge in [-0.05, 0) is 38.5 Å². The molecule has 1 amide bonds. The third kappa shape index (κ3) is 3.06. The van der Waals surface area contributed by atoms with Gasteiger partial charge in [0.1, 0.15) is 9.47 Å². The van der Waals surface area contributed by atoms with Crippen LogP contribution in [0.3, 0.4) is 0 Å². The molecular formula is C16H14ClN3OS2. The summed E-state index contributed by atoms with van der Waals surface area (Å²) < 4.78 is 2.16. The maximum absolute atomic E-state index is 11.8. The Balaban J connectivity index is 2.08. The molecule has 0 atom stereocenters. The Labute approximate surface area is 148 Å². The monoisotopic (exact) mass is 363 g/mol. The number of carbonyl (C=O) groups excluding carboxylic acids is 1. The number of aromatic nitrogens is 2. The minimum absolute atomic E-state index is 0.199. The lowest BCUT2D eigenvalue weighted by Gasteiger charge is -2.08. The zero-order valence-electron chi connectivity index (χ0n) is 12.8. The van der Waals surface area contributed by atoms with E-state index in [2.05, 4.69) is 16.5 Å². The third-order valence-corrected chi connectivity index (χ3v) is 5.07. The summed E-state index contributed by atoms with van der Waals surface area (Å²) in [4.78, 5) is 12.3. The highest BCUT2D eigenvalue weighted by Gasteiger charge is 2.24. The molecule has 0 aliphatic carbocycles. The smallest absolute Gasteiger partial charge is 0.263 e. The fraction of sp³-hybridized carbons (Fsp3) is 0.188. The van der Waals surface area contributed by atoms with E-state index in [1.165, 1.54) is 17.3 Å². The Bertz CT molecular complexity index is 870. The van der Waals surface area contributed by atoms with Crippen molar-refractivity contribution in [2.24, 2.45) is 0 Å². The lowest BCUT2D eigenvalue weighted by molar-refractivity contribution is -0.115. The molecule has 1 N–H and O–H groups in total. The normalized spacial score (nSPS) is 16.3. The van der Waals surface area contributed by atoms with Crippen LogP contribution in [0, 0.1) is 20.8 Å². The van der Waals surface area contributed by atoms with Gasteiger partial charge in [0.15, 0.2) is 0 Å². The number of nitrogens with zero attached hydrogens (tertiary/aromatic N) is 2. The SMILES string of the molecule is Cc1ccc(-n2nc(C)c(C=C3SC(=S)NC3=O)c2Cl)c(C)c1. The second-order valence-corrected chi connectivity index (χ2v) is 7.42. The first-order valence-corrected chi connectivity index (χ1v) is 8.54. The van der Waals surface area contributed by atoms with E-state index in [-0.39, 0.29) is 5.91 Å². The van der Waals surface area contributed by atoms with E-state index in [1.807, 2.05) is 32.9 Å². The van der Waals surface area contributed by atoms with E-state index < -0.39 is 0 Å². The van der Waals surface area contributed by atoms with Crippen LogP contribution < -0.4 is 5.32 Å². The van der Waals surface area contributed by atoms with Crippen LogP contribution in [0.15, 0.2) is 23.1 Å². The molecule has 1 fully saturated rings. The summed E-state index contributed by atoms with van der Waals surface area (Å²) in [6.45, 7) is 5.93. The molecule has 0 spiro atoms. The van der Waals surface area contributed by atoms with Crippen molar-refractivity contribution >= 4 is 51.9 Å². The summed E-state index contributed by atoms with van der Waals surface area (Å²) in [6, 6.07) is 6.10. The predicted octanol–water partition coefficient (Wildman–Crippen LogP) is 3.94. The fourth-order valence-corrected chi connectivity index (χ4v) is 3.78. The molecule has 1 aromatic heterocycles. The molecule has 3 rings (SSSR count). The number of hydrogen-bond donors (Lipinski definition) is 1. The van der Waals surface area contributed by atoms with Gasteiger partial charge in [-0.1, -0.05) is 53.3 Å². The molecular weight excluding hydrogens is 350 g/mol. The fourth-order valence-electron chi connectivity index (χ4n) is 2.43. The van der Waals surface area contributed by atoms with Gasteiger partial charge in [0.25, 0.3) is 5.91 Å². The van der Waals surface area contributed by atoms with Crippen molar-refractivity contribution in [3.63, 3.8) is 0 Å². The number of thiocarbonyl (C=S) groups is 1. The molecule has 1 aromatic carbocycles. The highest BCUT2D eigenvalue weighted by molar-refractivity contribution is 8.26. The van der Waals surface area contributed by atoms with E-state index >= 15 is 0 Å². The number of thioether (sulfide) groups is 1. The van der Waals surface area contributed by atoms with E-state index in [0.717, 1.165) is 22.5 Å². The first-order valence-electron chi connectivity index (χ1n) is 6.94. The summed E-state index contributed by atoms with van der Waals surface area (Å²) in [6.07, 6.45) is 1.74. The van der Waals surface area contributed by atoms with Crippen LogP contribution >= 0.6 is 35.6 Å². The molecule has 1 saturated heterocycles. The van der Waals surface area contributed by atoms with Crippen LogP contribution in [0.1, 0.15) is 22.4 Å². The van der Waals surface area contributed by atoms with Crippen LogP contribution in [-0.4, -0.2) is 20.0 Å². The number of hydrogen-bond acceptors (Lipinski definition) is 4. The van der Waals surface area contributed by atoms with Crippen LogP contribution in [0.4, 0.5) is 0 Å². The molecule has 0 radical (unpaired) electrons. The van der Waals surface area contributed by atoms with Crippen molar-refractivity contribution in [1.82, 2.24) is 15.1 Å². The first-order chi connectivity index (χ1) is 10.9. The Hall–Kier alpha value is -1.63. The molecule has 0 unspecified atom stereocenters. The topological polar surface area (TPSA) is 46.9 Å². The summed E-state index contributed by atoms with van der Waals surface area (Å²) in [5.41, 5.74) is 4.68. The molecule has 2 aromatic rings. The van der Waals surface area contributed by atoms with E-state index in [1.54, 1.807) is 10.8 Å². The Kier molecular flexibility index (Phi) is 4.31. The van der Waals surface area contributed by atoms with Crippen molar-refractivity contribution in [3.05, 3.63) is 50.6 Å². The Morgan fingerprint density at radius 1 is 1.35 bits per heavy atom. The Morgan fingerprint density at radius 2 is 2.09 bits per heavy atom. The van der Waals surface area contributed by atoms with Crippen molar-refractivity contribution in [1.29, 1.82) is 0 Å². The zero-order valence-corrected chi connectivity index (χ0v) is 15.2. The van der Waals surface area contributed by atoms with Crippen LogP contribution in [0.25, 0.3) is 11.8 Å². The minimum atomic E-state index is -0.199. The predicted molar refractivity (Wildman–Crippen MR) is 99.1 cm³/mol. The number of amides is 1. The summed E-state index contributed by atoms with van der Waals surface area (Å²) in [5, 5.41) is 7.60. The third-order valence-electron chi connectivity index (χ3n) is 3.55. The first kappa shape index (κ1) is 16.2. The second-order valence-electron chi connectivity index (χ2n) is 5.34. The van der Waals surface area contributed by atoms with Crippen LogP contribution in [0.2, 0.25) is 5.15 Å². The van der Waals surface area contributed by atoms with Crippen molar-refractivity contribution in [2.75, 3.05) is 0 Å². The number of carbonyl (C=O) groups is 1. The van der Waals surface area contributed by atoms with Crippen LogP contribution in [-0.2, 0) is 4.79 Å².